The van der Waals surface area contributed by atoms with Crippen LogP contribution < -0.4 is 10.6 Å². The minimum absolute atomic E-state index is 0.0185. The van der Waals surface area contributed by atoms with Gasteiger partial charge < -0.3 is 5.73 Å². The highest BCUT2D eigenvalue weighted by Gasteiger charge is 2.51. The molecular weight excluding hydrogens is 252 g/mol. The van der Waals surface area contributed by atoms with Gasteiger partial charge in [0.1, 0.15) is 0 Å². The van der Waals surface area contributed by atoms with E-state index in [1.54, 1.807) is 24.3 Å². The van der Waals surface area contributed by atoms with E-state index >= 15 is 0 Å². The number of nitrogens with zero attached hydrogens (tertiary/aromatic N) is 1. The van der Waals surface area contributed by atoms with Crippen molar-refractivity contribution in [3.63, 3.8) is 0 Å². The maximum Gasteiger partial charge on any atom is 0.240 e. The first-order valence-electron chi connectivity index (χ1n) is 7.35. The van der Waals surface area contributed by atoms with Crippen LogP contribution in [0.15, 0.2) is 24.3 Å². The minimum atomic E-state index is -0.446. The predicted molar refractivity (Wildman–Crippen MR) is 78.1 cm³/mol. The fourth-order valence-electron chi connectivity index (χ4n) is 3.52. The third kappa shape index (κ3) is 2.09. The Kier molecular flexibility index (Phi) is 3.24. The molecule has 2 fully saturated rings. The van der Waals surface area contributed by atoms with Crippen molar-refractivity contribution >= 4 is 23.2 Å². The summed E-state index contributed by atoms with van der Waals surface area (Å²) in [7, 11) is 0. The van der Waals surface area contributed by atoms with E-state index < -0.39 is 5.41 Å². The molecule has 1 aliphatic carbocycles. The van der Waals surface area contributed by atoms with Crippen LogP contribution in [0.25, 0.3) is 0 Å². The Hall–Kier alpha value is -1.84. The summed E-state index contributed by atoms with van der Waals surface area (Å²) in [5.41, 5.74) is 6.50. The fraction of sp³-hybridized carbons (Fsp3) is 0.500. The van der Waals surface area contributed by atoms with E-state index in [0.717, 1.165) is 25.7 Å². The molecule has 1 aromatic carbocycles. The first-order valence-corrected chi connectivity index (χ1v) is 7.35. The van der Waals surface area contributed by atoms with Crippen LogP contribution in [0.5, 0.6) is 0 Å². The van der Waals surface area contributed by atoms with Gasteiger partial charge in [0, 0.05) is 12.1 Å². The number of imide groups is 1. The predicted octanol–water partition coefficient (Wildman–Crippen LogP) is 2.87. The van der Waals surface area contributed by atoms with E-state index in [-0.39, 0.29) is 11.8 Å². The molecule has 3 rings (SSSR count). The van der Waals surface area contributed by atoms with Crippen molar-refractivity contribution in [2.75, 3.05) is 10.6 Å². The molecule has 1 spiro atoms. The van der Waals surface area contributed by atoms with E-state index in [2.05, 4.69) is 0 Å². The summed E-state index contributed by atoms with van der Waals surface area (Å²) in [6.07, 6.45) is 6.48. The zero-order valence-electron chi connectivity index (χ0n) is 11.6. The second-order valence-corrected chi connectivity index (χ2v) is 6.00. The molecule has 0 atom stereocenters. The molecule has 1 saturated heterocycles. The standard InChI is InChI=1S/C16H20N2O2/c17-12-6-5-7-13(10-12)18-14(19)11-16(15(18)20)8-3-1-2-4-9-16/h5-7,10H,1-4,8-9,11,17H2. The maximum atomic E-state index is 12.8. The Morgan fingerprint density at radius 3 is 2.40 bits per heavy atom. The maximum absolute atomic E-state index is 12.8. The van der Waals surface area contributed by atoms with Crippen LogP contribution in [-0.2, 0) is 9.59 Å². The van der Waals surface area contributed by atoms with Crippen molar-refractivity contribution in [2.45, 2.75) is 44.9 Å². The number of benzene rings is 1. The normalized spacial score (nSPS) is 22.3. The van der Waals surface area contributed by atoms with Gasteiger partial charge in [-0.1, -0.05) is 31.7 Å². The number of nitrogen functional groups attached to an aromatic ring is 1. The van der Waals surface area contributed by atoms with Gasteiger partial charge in [0.05, 0.1) is 11.1 Å². The highest BCUT2D eigenvalue weighted by Crippen LogP contribution is 2.45. The van der Waals surface area contributed by atoms with Gasteiger partial charge in [-0.25, -0.2) is 4.90 Å². The number of hydrogen-bond acceptors (Lipinski definition) is 3. The molecule has 0 radical (unpaired) electrons. The second-order valence-electron chi connectivity index (χ2n) is 6.00. The summed E-state index contributed by atoms with van der Waals surface area (Å²) in [4.78, 5) is 26.5. The van der Waals surface area contributed by atoms with Gasteiger partial charge in [0.2, 0.25) is 11.8 Å². The van der Waals surface area contributed by atoms with Gasteiger partial charge in [-0.2, -0.15) is 0 Å². The quantitative estimate of drug-likeness (QED) is 0.631. The number of nitrogens with two attached hydrogens (primary N) is 1. The van der Waals surface area contributed by atoms with Crippen LogP contribution in [-0.4, -0.2) is 11.8 Å². The van der Waals surface area contributed by atoms with E-state index in [4.69, 9.17) is 5.73 Å². The number of anilines is 2. The fourth-order valence-corrected chi connectivity index (χ4v) is 3.52. The lowest BCUT2D eigenvalue weighted by Crippen LogP contribution is -2.35. The summed E-state index contributed by atoms with van der Waals surface area (Å²) in [5.74, 6) is -0.0995. The van der Waals surface area contributed by atoms with Gasteiger partial charge >= 0.3 is 0 Å². The number of carbonyl (C=O) groups is 2. The van der Waals surface area contributed by atoms with Crippen LogP contribution >= 0.6 is 0 Å². The average molecular weight is 272 g/mol. The van der Waals surface area contributed by atoms with Gasteiger partial charge in [-0.15, -0.1) is 0 Å². The number of hydrogen-bond donors (Lipinski definition) is 1. The average Bonchev–Trinajstić information content (AvgIpc) is 2.58. The molecule has 106 valence electrons. The first-order chi connectivity index (χ1) is 9.62. The highest BCUT2D eigenvalue weighted by atomic mass is 16.2. The van der Waals surface area contributed by atoms with Gasteiger partial charge in [0.25, 0.3) is 0 Å². The van der Waals surface area contributed by atoms with Crippen molar-refractivity contribution in [3.8, 4) is 0 Å². The Morgan fingerprint density at radius 1 is 1.05 bits per heavy atom. The largest absolute Gasteiger partial charge is 0.399 e. The summed E-state index contributed by atoms with van der Waals surface area (Å²) in [5, 5.41) is 0. The van der Waals surface area contributed by atoms with E-state index in [0.29, 0.717) is 17.8 Å². The molecule has 1 saturated carbocycles. The minimum Gasteiger partial charge on any atom is -0.399 e. The topological polar surface area (TPSA) is 63.4 Å². The molecule has 2 amide bonds. The number of carbonyl (C=O) groups excluding carboxylic acids is 2. The summed E-state index contributed by atoms with van der Waals surface area (Å²) in [6.45, 7) is 0. The molecule has 0 bridgehead atoms. The second kappa shape index (κ2) is 4.93. The van der Waals surface area contributed by atoms with E-state index in [1.807, 2.05) is 0 Å². The molecule has 0 aromatic heterocycles. The lowest BCUT2D eigenvalue weighted by molar-refractivity contribution is -0.126. The van der Waals surface area contributed by atoms with Crippen molar-refractivity contribution in [2.24, 2.45) is 5.41 Å². The molecule has 2 N–H and O–H groups in total. The van der Waals surface area contributed by atoms with Crippen LogP contribution in [0.4, 0.5) is 11.4 Å². The van der Waals surface area contributed by atoms with Gasteiger partial charge in [0.15, 0.2) is 0 Å². The summed E-state index contributed by atoms with van der Waals surface area (Å²) >= 11 is 0. The van der Waals surface area contributed by atoms with Crippen molar-refractivity contribution in [3.05, 3.63) is 24.3 Å². The molecule has 1 heterocycles. The molecule has 0 unspecified atom stereocenters. The van der Waals surface area contributed by atoms with Crippen LogP contribution in [0, 0.1) is 5.41 Å². The Labute approximate surface area is 118 Å². The van der Waals surface area contributed by atoms with Gasteiger partial charge in [-0.3, -0.25) is 9.59 Å². The third-order valence-electron chi connectivity index (χ3n) is 4.58. The lowest BCUT2D eigenvalue weighted by Gasteiger charge is -2.25. The van der Waals surface area contributed by atoms with Gasteiger partial charge in [-0.05, 0) is 31.0 Å². The zero-order chi connectivity index (χ0) is 14.2. The van der Waals surface area contributed by atoms with Crippen LogP contribution in [0.1, 0.15) is 44.9 Å². The molecule has 4 heteroatoms. The first kappa shape index (κ1) is 13.2. The number of amides is 2. The Bertz CT molecular complexity index is 545. The van der Waals surface area contributed by atoms with Crippen LogP contribution in [0.2, 0.25) is 0 Å². The monoisotopic (exact) mass is 272 g/mol. The molecule has 1 aliphatic heterocycles. The lowest BCUT2D eigenvalue weighted by atomic mass is 9.79. The van der Waals surface area contributed by atoms with Crippen molar-refractivity contribution in [1.82, 2.24) is 0 Å². The Balaban J connectivity index is 1.94. The summed E-state index contributed by atoms with van der Waals surface area (Å²) in [6, 6.07) is 7.02. The zero-order valence-corrected chi connectivity index (χ0v) is 11.6. The van der Waals surface area contributed by atoms with Crippen molar-refractivity contribution < 1.29 is 9.59 Å². The highest BCUT2D eigenvalue weighted by molar-refractivity contribution is 6.22. The Morgan fingerprint density at radius 2 is 1.75 bits per heavy atom. The van der Waals surface area contributed by atoms with Crippen molar-refractivity contribution in [1.29, 1.82) is 0 Å². The molecule has 4 nitrogen and oxygen atoms in total. The molecular formula is C16H20N2O2. The molecule has 20 heavy (non-hydrogen) atoms. The van der Waals surface area contributed by atoms with Crippen LogP contribution in [0.3, 0.4) is 0 Å². The molecule has 2 aliphatic rings. The third-order valence-corrected chi connectivity index (χ3v) is 4.58. The molecule has 1 aromatic rings. The van der Waals surface area contributed by atoms with E-state index in [1.165, 1.54) is 17.7 Å². The summed E-state index contributed by atoms with van der Waals surface area (Å²) < 4.78 is 0. The smallest absolute Gasteiger partial charge is 0.240 e. The SMILES string of the molecule is Nc1cccc(N2C(=O)CC3(CCCCCC3)C2=O)c1. The van der Waals surface area contributed by atoms with E-state index in [9.17, 15) is 9.59 Å². The number of rotatable bonds is 1.